The predicted octanol–water partition coefficient (Wildman–Crippen LogP) is 1.14. The monoisotopic (exact) mass is 275 g/mol. The first kappa shape index (κ1) is 13.1. The molecule has 0 aliphatic carbocycles. The Labute approximate surface area is 118 Å². The molecular weight excluding hydrogens is 254 g/mol. The molecule has 2 aliphatic heterocycles. The largest absolute Gasteiger partial charge is 0.382 e. The number of dihydropyridines is 1. The number of likely N-dealkylation sites (tertiary alicyclic amines) is 1. The normalized spacial score (nSPS) is 23.6. The number of rotatable bonds is 3. The molecule has 1 atom stereocenters. The highest BCUT2D eigenvalue weighted by Gasteiger charge is 2.23. The molecule has 2 aliphatic rings. The van der Waals surface area contributed by atoms with Crippen molar-refractivity contribution in [3.8, 4) is 0 Å². The zero-order valence-corrected chi connectivity index (χ0v) is 11.7. The average Bonchev–Trinajstić information content (AvgIpc) is 2.94. The summed E-state index contributed by atoms with van der Waals surface area (Å²) < 4.78 is 5.22. The number of aromatic amines is 1. The molecule has 0 amide bonds. The summed E-state index contributed by atoms with van der Waals surface area (Å²) in [6.45, 7) is 2.08. The van der Waals surface area contributed by atoms with Crippen LogP contribution in [0.4, 0.5) is 5.82 Å². The SMILES string of the molecule is COC1C=CC(N2CCC(c3cc(N)n[nH]3)CC2)=CN1. The van der Waals surface area contributed by atoms with E-state index in [9.17, 15) is 0 Å². The number of piperidine rings is 1. The molecule has 1 saturated heterocycles. The third-order valence-corrected chi connectivity index (χ3v) is 4.01. The van der Waals surface area contributed by atoms with Crippen molar-refractivity contribution in [3.63, 3.8) is 0 Å². The molecule has 0 radical (unpaired) electrons. The van der Waals surface area contributed by atoms with Gasteiger partial charge < -0.3 is 20.7 Å². The van der Waals surface area contributed by atoms with Crippen LogP contribution in [0.5, 0.6) is 0 Å². The summed E-state index contributed by atoms with van der Waals surface area (Å²) >= 11 is 0. The lowest BCUT2D eigenvalue weighted by molar-refractivity contribution is 0.121. The van der Waals surface area contributed by atoms with Crippen LogP contribution in [-0.4, -0.2) is 41.5 Å². The second kappa shape index (κ2) is 5.58. The van der Waals surface area contributed by atoms with E-state index in [0.29, 0.717) is 11.7 Å². The Morgan fingerprint density at radius 3 is 2.75 bits per heavy atom. The fourth-order valence-corrected chi connectivity index (χ4v) is 2.81. The molecule has 1 fully saturated rings. The minimum absolute atomic E-state index is 0.00995. The Kier molecular flexibility index (Phi) is 3.64. The number of nitrogens with two attached hydrogens (primary N) is 1. The molecule has 6 heteroatoms. The fraction of sp³-hybridized carbons (Fsp3) is 0.500. The maximum absolute atomic E-state index is 5.66. The van der Waals surface area contributed by atoms with E-state index < -0.39 is 0 Å². The van der Waals surface area contributed by atoms with Crippen molar-refractivity contribution in [2.45, 2.75) is 25.0 Å². The van der Waals surface area contributed by atoms with Gasteiger partial charge in [-0.1, -0.05) is 0 Å². The smallest absolute Gasteiger partial charge is 0.146 e. The number of hydrogen-bond donors (Lipinski definition) is 3. The van der Waals surface area contributed by atoms with Crippen LogP contribution >= 0.6 is 0 Å². The molecule has 20 heavy (non-hydrogen) atoms. The van der Waals surface area contributed by atoms with Gasteiger partial charge in [-0.3, -0.25) is 5.10 Å². The zero-order chi connectivity index (χ0) is 13.9. The van der Waals surface area contributed by atoms with Crippen LogP contribution in [0.2, 0.25) is 0 Å². The summed E-state index contributed by atoms with van der Waals surface area (Å²) in [6.07, 6.45) is 8.41. The number of anilines is 1. The maximum atomic E-state index is 5.66. The quantitative estimate of drug-likeness (QED) is 0.771. The maximum Gasteiger partial charge on any atom is 0.146 e. The summed E-state index contributed by atoms with van der Waals surface area (Å²) in [7, 11) is 1.70. The molecule has 0 saturated carbocycles. The standard InChI is InChI=1S/C14H21N5O/c1-20-14-3-2-11(9-16-14)19-6-4-10(5-7-19)12-8-13(15)18-17-12/h2-3,8-10,14,16H,4-7H2,1H3,(H3,15,17,18). The highest BCUT2D eigenvalue weighted by Crippen LogP contribution is 2.29. The third kappa shape index (κ3) is 2.65. The molecule has 1 aromatic heterocycles. The number of H-pyrrole nitrogens is 1. The number of aromatic nitrogens is 2. The van der Waals surface area contributed by atoms with E-state index in [1.807, 2.05) is 18.3 Å². The first-order valence-corrected chi connectivity index (χ1v) is 6.99. The zero-order valence-electron chi connectivity index (χ0n) is 11.7. The second-order valence-corrected chi connectivity index (χ2v) is 5.26. The fourth-order valence-electron chi connectivity index (χ4n) is 2.81. The number of methoxy groups -OCH3 is 1. The molecule has 3 heterocycles. The number of allylic oxidation sites excluding steroid dienone is 1. The van der Waals surface area contributed by atoms with Crippen LogP contribution in [0.3, 0.4) is 0 Å². The number of ether oxygens (including phenoxy) is 1. The number of hydrogen-bond acceptors (Lipinski definition) is 5. The van der Waals surface area contributed by atoms with Crippen molar-refractivity contribution < 1.29 is 4.74 Å². The molecule has 1 aromatic rings. The molecule has 0 spiro atoms. The molecule has 6 nitrogen and oxygen atoms in total. The Morgan fingerprint density at radius 1 is 1.40 bits per heavy atom. The van der Waals surface area contributed by atoms with E-state index in [1.165, 1.54) is 5.70 Å². The highest BCUT2D eigenvalue weighted by molar-refractivity contribution is 5.30. The van der Waals surface area contributed by atoms with Crippen LogP contribution in [0.1, 0.15) is 24.5 Å². The first-order valence-electron chi connectivity index (χ1n) is 6.99. The summed E-state index contributed by atoms with van der Waals surface area (Å²) in [4.78, 5) is 2.39. The van der Waals surface area contributed by atoms with Gasteiger partial charge in [-0.05, 0) is 25.0 Å². The van der Waals surface area contributed by atoms with Crippen molar-refractivity contribution in [2.75, 3.05) is 25.9 Å². The van der Waals surface area contributed by atoms with E-state index in [2.05, 4.69) is 26.5 Å². The van der Waals surface area contributed by atoms with Crippen molar-refractivity contribution in [3.05, 3.63) is 35.8 Å². The lowest BCUT2D eigenvalue weighted by Gasteiger charge is -2.35. The lowest BCUT2D eigenvalue weighted by Crippen LogP contribution is -2.35. The molecule has 108 valence electrons. The van der Waals surface area contributed by atoms with E-state index in [0.717, 1.165) is 31.6 Å². The summed E-state index contributed by atoms with van der Waals surface area (Å²) in [5.41, 5.74) is 8.05. The Balaban J connectivity index is 1.57. The van der Waals surface area contributed by atoms with Crippen LogP contribution in [0.15, 0.2) is 30.1 Å². The van der Waals surface area contributed by atoms with E-state index in [1.54, 1.807) is 7.11 Å². The predicted molar refractivity (Wildman–Crippen MR) is 77.7 cm³/mol. The topological polar surface area (TPSA) is 79.2 Å². The minimum atomic E-state index is -0.00995. The van der Waals surface area contributed by atoms with Crippen LogP contribution < -0.4 is 11.1 Å². The Morgan fingerprint density at radius 2 is 2.20 bits per heavy atom. The number of nitrogens with one attached hydrogen (secondary N) is 2. The number of nitrogens with zero attached hydrogens (tertiary/aromatic N) is 2. The van der Waals surface area contributed by atoms with Gasteiger partial charge in [0.25, 0.3) is 0 Å². The summed E-state index contributed by atoms with van der Waals surface area (Å²) in [5.74, 6) is 1.11. The van der Waals surface area contributed by atoms with Crippen molar-refractivity contribution >= 4 is 5.82 Å². The molecule has 0 bridgehead atoms. The summed E-state index contributed by atoms with van der Waals surface area (Å²) in [6, 6.07) is 1.95. The average molecular weight is 275 g/mol. The van der Waals surface area contributed by atoms with Crippen molar-refractivity contribution in [1.82, 2.24) is 20.4 Å². The van der Waals surface area contributed by atoms with E-state index in [4.69, 9.17) is 10.5 Å². The highest BCUT2D eigenvalue weighted by atomic mass is 16.5. The third-order valence-electron chi connectivity index (χ3n) is 4.01. The molecule has 0 aromatic carbocycles. The van der Waals surface area contributed by atoms with Gasteiger partial charge in [-0.15, -0.1) is 0 Å². The van der Waals surface area contributed by atoms with Gasteiger partial charge in [-0.25, -0.2) is 0 Å². The van der Waals surface area contributed by atoms with E-state index in [-0.39, 0.29) is 6.23 Å². The van der Waals surface area contributed by atoms with Crippen LogP contribution in [-0.2, 0) is 4.74 Å². The lowest BCUT2D eigenvalue weighted by atomic mass is 9.93. The summed E-state index contributed by atoms with van der Waals surface area (Å²) in [5, 5.41) is 10.3. The van der Waals surface area contributed by atoms with Gasteiger partial charge in [0.2, 0.25) is 0 Å². The molecule has 4 N–H and O–H groups in total. The van der Waals surface area contributed by atoms with Gasteiger partial charge in [0.05, 0.1) is 5.70 Å². The van der Waals surface area contributed by atoms with Gasteiger partial charge >= 0.3 is 0 Å². The molecular formula is C14H21N5O. The molecule has 1 unspecified atom stereocenters. The minimum Gasteiger partial charge on any atom is -0.382 e. The molecule has 3 rings (SSSR count). The van der Waals surface area contributed by atoms with Gasteiger partial charge in [0.15, 0.2) is 0 Å². The number of nitrogen functional groups attached to an aromatic ring is 1. The first-order chi connectivity index (χ1) is 9.76. The van der Waals surface area contributed by atoms with Crippen LogP contribution in [0, 0.1) is 0 Å². The Bertz CT molecular complexity index is 513. The van der Waals surface area contributed by atoms with Crippen molar-refractivity contribution in [1.29, 1.82) is 0 Å². The van der Waals surface area contributed by atoms with Crippen LogP contribution in [0.25, 0.3) is 0 Å². The van der Waals surface area contributed by atoms with Gasteiger partial charge in [-0.2, -0.15) is 5.10 Å². The van der Waals surface area contributed by atoms with Gasteiger partial charge in [0.1, 0.15) is 12.0 Å². The van der Waals surface area contributed by atoms with E-state index >= 15 is 0 Å². The van der Waals surface area contributed by atoms with Gasteiger partial charge in [0, 0.05) is 44.1 Å². The Hall–Kier alpha value is -1.95. The van der Waals surface area contributed by atoms with Crippen molar-refractivity contribution in [2.24, 2.45) is 0 Å². The second-order valence-electron chi connectivity index (χ2n) is 5.26.